The lowest BCUT2D eigenvalue weighted by atomic mass is 10.1. The molecule has 2 atom stereocenters. The average Bonchev–Trinajstić information content (AvgIpc) is 2.52. The standard InChI is InChI=1S/C8H11Cl2NO3/c1-4(5(11)12)14-6(13)7(2)3-8(7,9)10/h4H,3H2,1-2H3,(H2,11,12)/t4-,7+/m0/s1. The van der Waals surface area contributed by atoms with Crippen LogP contribution < -0.4 is 5.73 Å². The van der Waals surface area contributed by atoms with Crippen molar-refractivity contribution in [3.05, 3.63) is 0 Å². The number of nitrogens with two attached hydrogens (primary N) is 1. The topological polar surface area (TPSA) is 69.4 Å². The summed E-state index contributed by atoms with van der Waals surface area (Å²) in [5.41, 5.74) is 4.02. The summed E-state index contributed by atoms with van der Waals surface area (Å²) in [6.07, 6.45) is -0.628. The molecule has 0 heterocycles. The van der Waals surface area contributed by atoms with Crippen LogP contribution in [0.15, 0.2) is 0 Å². The minimum atomic E-state index is -1.08. The second-order valence-corrected chi connectivity index (χ2v) is 5.15. The number of carbonyl (C=O) groups is 2. The Bertz CT molecular complexity index is 292. The maximum absolute atomic E-state index is 11.5. The highest BCUT2D eigenvalue weighted by Crippen LogP contribution is 2.64. The van der Waals surface area contributed by atoms with E-state index in [4.69, 9.17) is 33.7 Å². The third-order valence-electron chi connectivity index (χ3n) is 2.39. The van der Waals surface area contributed by atoms with Crippen molar-refractivity contribution in [3.8, 4) is 0 Å². The van der Waals surface area contributed by atoms with E-state index >= 15 is 0 Å². The van der Waals surface area contributed by atoms with Gasteiger partial charge in [-0.2, -0.15) is 0 Å². The van der Waals surface area contributed by atoms with Crippen LogP contribution in [0.3, 0.4) is 0 Å². The van der Waals surface area contributed by atoms with Gasteiger partial charge in [0.2, 0.25) is 0 Å². The van der Waals surface area contributed by atoms with E-state index in [0.717, 1.165) is 0 Å². The van der Waals surface area contributed by atoms with Gasteiger partial charge in [0.05, 0.1) is 0 Å². The molecule has 0 aromatic heterocycles. The zero-order valence-corrected chi connectivity index (χ0v) is 9.35. The van der Waals surface area contributed by atoms with E-state index in [9.17, 15) is 9.59 Å². The van der Waals surface area contributed by atoms with Gasteiger partial charge in [-0.25, -0.2) is 0 Å². The molecule has 1 saturated carbocycles. The largest absolute Gasteiger partial charge is 0.452 e. The number of ether oxygens (including phenoxy) is 1. The molecule has 1 aliphatic carbocycles. The average molecular weight is 240 g/mol. The highest BCUT2D eigenvalue weighted by atomic mass is 35.5. The summed E-state index contributed by atoms with van der Waals surface area (Å²) in [4.78, 5) is 22.1. The molecule has 1 amide bonds. The Balaban J connectivity index is 2.57. The lowest BCUT2D eigenvalue weighted by Crippen LogP contribution is -2.34. The molecular weight excluding hydrogens is 229 g/mol. The molecule has 0 radical (unpaired) electrons. The highest BCUT2D eigenvalue weighted by molar-refractivity contribution is 6.53. The Kier molecular flexibility index (Phi) is 2.71. The van der Waals surface area contributed by atoms with Crippen LogP contribution >= 0.6 is 23.2 Å². The van der Waals surface area contributed by atoms with Crippen LogP contribution in [-0.2, 0) is 14.3 Å². The SMILES string of the molecule is C[C@H](OC(=O)[C@@]1(C)CC1(Cl)Cl)C(N)=O. The molecule has 1 aliphatic rings. The molecule has 0 aromatic carbocycles. The van der Waals surface area contributed by atoms with Gasteiger partial charge < -0.3 is 10.5 Å². The van der Waals surface area contributed by atoms with Gasteiger partial charge in [0, 0.05) is 6.42 Å². The Morgan fingerprint density at radius 2 is 1.93 bits per heavy atom. The maximum Gasteiger partial charge on any atom is 0.315 e. The van der Waals surface area contributed by atoms with Gasteiger partial charge in [-0.3, -0.25) is 9.59 Å². The third-order valence-corrected chi connectivity index (χ3v) is 3.49. The number of hydrogen-bond donors (Lipinski definition) is 1. The molecule has 80 valence electrons. The predicted octanol–water partition coefficient (Wildman–Crippen LogP) is 0.987. The van der Waals surface area contributed by atoms with E-state index in [-0.39, 0.29) is 0 Å². The molecule has 0 aliphatic heterocycles. The summed E-state index contributed by atoms with van der Waals surface area (Å²) in [6.45, 7) is 2.99. The fourth-order valence-electron chi connectivity index (χ4n) is 0.970. The predicted molar refractivity (Wildman–Crippen MR) is 51.9 cm³/mol. The van der Waals surface area contributed by atoms with Crippen LogP contribution in [0, 0.1) is 5.41 Å². The van der Waals surface area contributed by atoms with Crippen molar-refractivity contribution in [2.45, 2.75) is 30.7 Å². The lowest BCUT2D eigenvalue weighted by molar-refractivity contribution is -0.158. The van der Waals surface area contributed by atoms with E-state index in [1.807, 2.05) is 0 Å². The molecule has 0 saturated heterocycles. The Hall–Kier alpha value is -0.480. The molecule has 0 aromatic rings. The smallest absolute Gasteiger partial charge is 0.315 e. The quantitative estimate of drug-likeness (QED) is 0.590. The van der Waals surface area contributed by atoms with Gasteiger partial charge in [0.15, 0.2) is 6.10 Å². The number of carbonyl (C=O) groups excluding carboxylic acids is 2. The molecular formula is C8H11Cl2NO3. The molecule has 1 rings (SSSR count). The lowest BCUT2D eigenvalue weighted by Gasteiger charge is -2.14. The van der Waals surface area contributed by atoms with Crippen LogP contribution in [0.1, 0.15) is 20.3 Å². The third kappa shape index (κ3) is 1.81. The Labute approximate surface area is 91.7 Å². The van der Waals surface area contributed by atoms with Crippen molar-refractivity contribution in [3.63, 3.8) is 0 Å². The summed E-state index contributed by atoms with van der Waals surface area (Å²) in [5, 5.41) is 0. The molecule has 1 fully saturated rings. The molecule has 2 N–H and O–H groups in total. The van der Waals surface area contributed by atoms with Crippen molar-refractivity contribution in [1.29, 1.82) is 0 Å². The fraction of sp³-hybridized carbons (Fsp3) is 0.750. The molecule has 0 bridgehead atoms. The molecule has 14 heavy (non-hydrogen) atoms. The van der Waals surface area contributed by atoms with Crippen molar-refractivity contribution < 1.29 is 14.3 Å². The summed E-state index contributed by atoms with van der Waals surface area (Å²) in [5.74, 6) is -1.29. The van der Waals surface area contributed by atoms with Crippen molar-refractivity contribution >= 4 is 35.1 Å². The van der Waals surface area contributed by atoms with Crippen LogP contribution in [0.25, 0.3) is 0 Å². The monoisotopic (exact) mass is 239 g/mol. The van der Waals surface area contributed by atoms with Crippen molar-refractivity contribution in [1.82, 2.24) is 0 Å². The normalized spacial score (nSPS) is 30.6. The first-order valence-corrected chi connectivity index (χ1v) is 4.84. The fourth-order valence-corrected chi connectivity index (χ4v) is 1.66. The van der Waals surface area contributed by atoms with Gasteiger partial charge in [0.1, 0.15) is 9.75 Å². The highest BCUT2D eigenvalue weighted by Gasteiger charge is 2.69. The van der Waals surface area contributed by atoms with Gasteiger partial charge in [0.25, 0.3) is 5.91 Å². The number of esters is 1. The number of halogens is 2. The van der Waals surface area contributed by atoms with Gasteiger partial charge in [-0.1, -0.05) is 0 Å². The van der Waals surface area contributed by atoms with E-state index in [1.165, 1.54) is 6.92 Å². The molecule has 6 heteroatoms. The molecule has 0 spiro atoms. The Morgan fingerprint density at radius 1 is 1.50 bits per heavy atom. The molecule has 0 unspecified atom stereocenters. The van der Waals surface area contributed by atoms with Crippen molar-refractivity contribution in [2.24, 2.45) is 11.1 Å². The zero-order valence-electron chi connectivity index (χ0n) is 7.84. The first-order valence-electron chi connectivity index (χ1n) is 4.09. The maximum atomic E-state index is 11.5. The van der Waals surface area contributed by atoms with Crippen LogP contribution in [0.5, 0.6) is 0 Å². The van der Waals surface area contributed by atoms with E-state index < -0.39 is 27.7 Å². The van der Waals surface area contributed by atoms with E-state index in [2.05, 4.69) is 0 Å². The minimum absolute atomic E-state index is 0.327. The van der Waals surface area contributed by atoms with E-state index in [0.29, 0.717) is 6.42 Å². The second-order valence-electron chi connectivity index (χ2n) is 3.66. The van der Waals surface area contributed by atoms with Gasteiger partial charge in [-0.15, -0.1) is 23.2 Å². The number of primary amides is 1. The van der Waals surface area contributed by atoms with Crippen LogP contribution in [0.2, 0.25) is 0 Å². The van der Waals surface area contributed by atoms with Gasteiger partial charge >= 0.3 is 5.97 Å². The van der Waals surface area contributed by atoms with Crippen LogP contribution in [-0.4, -0.2) is 22.3 Å². The first kappa shape index (κ1) is 11.6. The van der Waals surface area contributed by atoms with Crippen molar-refractivity contribution in [2.75, 3.05) is 0 Å². The first-order chi connectivity index (χ1) is 6.21. The Morgan fingerprint density at radius 3 is 2.21 bits per heavy atom. The minimum Gasteiger partial charge on any atom is -0.452 e. The number of amides is 1. The molecule has 4 nitrogen and oxygen atoms in total. The summed E-state index contributed by atoms with van der Waals surface area (Å²) in [7, 11) is 0. The summed E-state index contributed by atoms with van der Waals surface area (Å²) < 4.78 is 3.71. The number of hydrogen-bond acceptors (Lipinski definition) is 3. The van der Waals surface area contributed by atoms with E-state index in [1.54, 1.807) is 6.92 Å². The summed E-state index contributed by atoms with van der Waals surface area (Å²) >= 11 is 11.5. The summed E-state index contributed by atoms with van der Waals surface area (Å²) in [6, 6.07) is 0. The zero-order chi connectivity index (χ0) is 11.1. The number of rotatable bonds is 3. The second kappa shape index (κ2) is 3.28. The van der Waals surface area contributed by atoms with Gasteiger partial charge in [-0.05, 0) is 13.8 Å². The number of alkyl halides is 2. The van der Waals surface area contributed by atoms with Crippen LogP contribution in [0.4, 0.5) is 0 Å².